The fraction of sp³-hybridized carbons (Fsp3) is 0. The molecule has 0 atom stereocenters. The van der Waals surface area contributed by atoms with Crippen molar-refractivity contribution < 1.29 is 27.4 Å². The molecule has 3 aromatic heterocycles. The molecule has 0 amide bonds. The first-order valence-electron chi connectivity index (χ1n) is 28.0. The van der Waals surface area contributed by atoms with Crippen molar-refractivity contribution in [2.24, 2.45) is 0 Å². The standard InChI is InChI=1S/C54H35N3/c1-3-14-36(15-4-1)37-26-30-41(31-27-37)56-49-23-12-9-20-44(49)54-52(56)24-13-25-53(54)57-48-22-11-8-19-43(48)46-35-39(29-33-51(46)57)38-28-32-50-45(34-38)42-18-7-10-21-47(42)55(50)40-16-5-2-6-17-40/h1-35H/i7D,8D,9D,10D,11D,12D,13D,18D,19D,20D,21D,22D,23D,24D,25D,28D,29D,33D,34D,35D. The van der Waals surface area contributed by atoms with Crippen molar-refractivity contribution >= 4 is 65.4 Å². The van der Waals surface area contributed by atoms with Crippen LogP contribution in [0.2, 0.25) is 0 Å². The molecule has 0 aliphatic heterocycles. The van der Waals surface area contributed by atoms with Crippen LogP contribution in [0.3, 0.4) is 0 Å². The fourth-order valence-corrected chi connectivity index (χ4v) is 7.84. The van der Waals surface area contributed by atoms with Gasteiger partial charge in [-0.3, -0.25) is 0 Å². The summed E-state index contributed by atoms with van der Waals surface area (Å²) >= 11 is 0. The van der Waals surface area contributed by atoms with Crippen molar-refractivity contribution in [3.63, 3.8) is 0 Å². The van der Waals surface area contributed by atoms with Gasteiger partial charge < -0.3 is 13.7 Å². The number of rotatable bonds is 5. The van der Waals surface area contributed by atoms with Crippen molar-refractivity contribution in [1.82, 2.24) is 13.7 Å². The molecule has 3 heterocycles. The molecule has 0 N–H and O–H groups in total. The smallest absolute Gasteiger partial charge is 0.0645 e. The molecule has 0 spiro atoms. The molecule has 0 bridgehead atoms. The van der Waals surface area contributed by atoms with E-state index in [1.54, 1.807) is 54.6 Å². The number of hydrogen-bond donors (Lipinski definition) is 0. The molecule has 3 nitrogen and oxygen atoms in total. The zero-order valence-electron chi connectivity index (χ0n) is 49.5. The average Bonchev–Trinajstić information content (AvgIpc) is 3.55. The lowest BCUT2D eigenvalue weighted by atomic mass is 10.0. The van der Waals surface area contributed by atoms with E-state index in [1.165, 1.54) is 15.2 Å². The second-order valence-corrected chi connectivity index (χ2v) is 13.4. The van der Waals surface area contributed by atoms with E-state index in [-0.39, 0.29) is 49.3 Å². The van der Waals surface area contributed by atoms with Crippen molar-refractivity contribution in [3.8, 4) is 39.3 Å². The minimum absolute atomic E-state index is 0.0180. The number of aromatic nitrogens is 3. The fourth-order valence-electron chi connectivity index (χ4n) is 7.84. The Morgan fingerprint density at radius 2 is 0.807 bits per heavy atom. The molecule has 0 fully saturated rings. The molecule has 0 radical (unpaired) electrons. The lowest BCUT2D eigenvalue weighted by Gasteiger charge is -2.12. The summed E-state index contributed by atoms with van der Waals surface area (Å²) < 4.78 is 190. The van der Waals surface area contributed by atoms with Gasteiger partial charge in [0.1, 0.15) is 0 Å². The van der Waals surface area contributed by atoms with Gasteiger partial charge in [0.15, 0.2) is 0 Å². The lowest BCUT2D eigenvalue weighted by molar-refractivity contribution is 1.17. The van der Waals surface area contributed by atoms with Gasteiger partial charge in [-0.05, 0) is 101 Å². The van der Waals surface area contributed by atoms with Gasteiger partial charge in [-0.25, -0.2) is 0 Å². The Morgan fingerprint density at radius 1 is 0.298 bits per heavy atom. The van der Waals surface area contributed by atoms with Crippen LogP contribution in [0.1, 0.15) is 27.4 Å². The normalized spacial score (nSPS) is 16.8. The molecule has 0 saturated carbocycles. The Labute approximate surface area is 357 Å². The Balaban J connectivity index is 1.26. The molecular formula is C54H35N3. The van der Waals surface area contributed by atoms with E-state index in [1.807, 2.05) is 30.3 Å². The monoisotopic (exact) mass is 745 g/mol. The molecule has 12 aromatic rings. The zero-order valence-corrected chi connectivity index (χ0v) is 29.5. The maximum atomic E-state index is 10.1. The summed E-state index contributed by atoms with van der Waals surface area (Å²) in [4.78, 5) is 0. The minimum atomic E-state index is -0.800. The Morgan fingerprint density at radius 3 is 1.53 bits per heavy atom. The first-order valence-corrected chi connectivity index (χ1v) is 18.0. The van der Waals surface area contributed by atoms with Crippen LogP contribution in [0, 0.1) is 0 Å². The van der Waals surface area contributed by atoms with Crippen LogP contribution in [0.4, 0.5) is 0 Å². The highest BCUT2D eigenvalue weighted by molar-refractivity contribution is 6.17. The van der Waals surface area contributed by atoms with Crippen molar-refractivity contribution in [2.45, 2.75) is 0 Å². The van der Waals surface area contributed by atoms with Crippen LogP contribution in [-0.2, 0) is 0 Å². The average molecular weight is 746 g/mol. The molecule has 0 unspecified atom stereocenters. The largest absolute Gasteiger partial charge is 0.309 e. The van der Waals surface area contributed by atoms with Gasteiger partial charge in [-0.15, -0.1) is 0 Å². The van der Waals surface area contributed by atoms with Crippen LogP contribution in [-0.4, -0.2) is 13.7 Å². The van der Waals surface area contributed by atoms with E-state index in [2.05, 4.69) is 0 Å². The van der Waals surface area contributed by atoms with Crippen LogP contribution in [0.15, 0.2) is 212 Å². The lowest BCUT2D eigenvalue weighted by Crippen LogP contribution is -1.96. The number of hydrogen-bond acceptors (Lipinski definition) is 0. The van der Waals surface area contributed by atoms with E-state index in [0.717, 1.165) is 15.7 Å². The van der Waals surface area contributed by atoms with Gasteiger partial charge in [-0.2, -0.15) is 0 Å². The topological polar surface area (TPSA) is 14.8 Å². The second-order valence-electron chi connectivity index (χ2n) is 13.4. The molecule has 12 rings (SSSR count). The van der Waals surface area contributed by atoms with Gasteiger partial charge in [0.05, 0.1) is 66.2 Å². The third-order valence-corrected chi connectivity index (χ3v) is 10.3. The summed E-state index contributed by atoms with van der Waals surface area (Å²) in [7, 11) is 0. The number of fused-ring (bicyclic) bond motifs is 9. The minimum Gasteiger partial charge on any atom is -0.309 e. The van der Waals surface area contributed by atoms with Crippen LogP contribution < -0.4 is 0 Å². The van der Waals surface area contributed by atoms with E-state index in [9.17, 15) is 16.4 Å². The molecule has 0 aliphatic carbocycles. The zero-order chi connectivity index (χ0) is 54.9. The highest BCUT2D eigenvalue weighted by atomic mass is 15.0. The van der Waals surface area contributed by atoms with Crippen molar-refractivity contribution in [1.29, 1.82) is 0 Å². The van der Waals surface area contributed by atoms with Gasteiger partial charge in [0.25, 0.3) is 0 Å². The quantitative estimate of drug-likeness (QED) is 0.167. The summed E-state index contributed by atoms with van der Waals surface area (Å²) in [6.07, 6.45) is 0. The SMILES string of the molecule is [2H]c1cc2c(c([2H])c1-c1c([2H])c([2H])c3c(c1[2H])c1c([2H])c([2H])c([2H])c([2H])c1n3-c1c([2H])c([2H])c([2H])c3c1c1c([2H])c([2H])c([2H])c([2H])c1n3-c1ccc(-c3ccccc3)cc1)c1c([2H])c([2H])c([2H])c([2H])c1n2-c1ccccc1. The van der Waals surface area contributed by atoms with E-state index >= 15 is 0 Å². The molecular weight excluding hydrogens is 691 g/mol. The van der Waals surface area contributed by atoms with Gasteiger partial charge in [-0.1, -0.05) is 133 Å². The van der Waals surface area contributed by atoms with Gasteiger partial charge in [0.2, 0.25) is 0 Å². The van der Waals surface area contributed by atoms with Gasteiger partial charge >= 0.3 is 0 Å². The summed E-state index contributed by atoms with van der Waals surface area (Å²) in [6, 6.07) is 12.9. The van der Waals surface area contributed by atoms with Crippen LogP contribution in [0.25, 0.3) is 105 Å². The Bertz CT molecular complexity index is 4660. The molecule has 266 valence electrons. The van der Waals surface area contributed by atoms with E-state index < -0.39 is 159 Å². The number of benzene rings is 9. The third kappa shape index (κ3) is 4.79. The number of para-hydroxylation sites is 4. The highest BCUT2D eigenvalue weighted by Gasteiger charge is 2.20. The van der Waals surface area contributed by atoms with Crippen molar-refractivity contribution in [2.75, 3.05) is 0 Å². The van der Waals surface area contributed by atoms with Crippen LogP contribution in [0.5, 0.6) is 0 Å². The predicted molar refractivity (Wildman–Crippen MR) is 240 cm³/mol. The molecule has 0 aliphatic rings. The van der Waals surface area contributed by atoms with E-state index in [0.29, 0.717) is 5.69 Å². The second kappa shape index (κ2) is 12.5. The van der Waals surface area contributed by atoms with E-state index in [4.69, 9.17) is 11.0 Å². The predicted octanol–water partition coefficient (Wildman–Crippen LogP) is 14.3. The summed E-state index contributed by atoms with van der Waals surface area (Å²) in [5, 5.41) is -1.48. The molecule has 9 aromatic carbocycles. The number of nitrogens with zero attached hydrogens (tertiary/aromatic N) is 3. The molecule has 3 heteroatoms. The maximum Gasteiger partial charge on any atom is 0.0645 e. The first kappa shape index (κ1) is 17.9. The maximum absolute atomic E-state index is 10.1. The summed E-state index contributed by atoms with van der Waals surface area (Å²) in [5.74, 6) is 0. The first-order chi connectivity index (χ1) is 36.6. The molecule has 0 saturated heterocycles. The Kier molecular flexibility index (Phi) is 3.91. The van der Waals surface area contributed by atoms with Crippen molar-refractivity contribution in [3.05, 3.63) is 212 Å². The van der Waals surface area contributed by atoms with Gasteiger partial charge in [0, 0.05) is 43.7 Å². The Hall–Kier alpha value is -7.62. The summed E-state index contributed by atoms with van der Waals surface area (Å²) in [5.41, 5.74) is -0.262. The summed E-state index contributed by atoms with van der Waals surface area (Å²) in [6.45, 7) is 0. The highest BCUT2D eigenvalue weighted by Crippen LogP contribution is 2.42. The van der Waals surface area contributed by atoms with Crippen LogP contribution >= 0.6 is 0 Å². The molecule has 57 heavy (non-hydrogen) atoms. The third-order valence-electron chi connectivity index (χ3n) is 10.3.